The van der Waals surface area contributed by atoms with Crippen LogP contribution in [0.3, 0.4) is 0 Å². The largest absolute Gasteiger partial charge is 0.484 e. The lowest BCUT2D eigenvalue weighted by Crippen LogP contribution is -2.19. The molecule has 0 saturated carbocycles. The van der Waals surface area contributed by atoms with Crippen LogP contribution in [0.25, 0.3) is 10.2 Å². The molecule has 0 radical (unpaired) electrons. The molecule has 6 heteroatoms. The number of aryl methyl sites for hydroxylation is 2. The van der Waals surface area contributed by atoms with Crippen molar-refractivity contribution in [1.82, 2.24) is 4.98 Å². The van der Waals surface area contributed by atoms with Crippen molar-refractivity contribution in [2.24, 2.45) is 0 Å². The molecule has 1 N–H and O–H groups in total. The number of thiazole rings is 1. The summed E-state index contributed by atoms with van der Waals surface area (Å²) in [6, 6.07) is 11.0. The molecule has 1 aromatic heterocycles. The normalized spacial score (nSPS) is 10.7. The van der Waals surface area contributed by atoms with Gasteiger partial charge in [0.05, 0.1) is 10.2 Å². The van der Waals surface area contributed by atoms with Crippen LogP contribution < -0.4 is 10.1 Å². The lowest BCUT2D eigenvalue weighted by molar-refractivity contribution is -0.118. The second kappa shape index (κ2) is 6.56. The molecule has 0 saturated heterocycles. The molecule has 1 heterocycles. The molecule has 118 valence electrons. The maximum absolute atomic E-state index is 12.0. The summed E-state index contributed by atoms with van der Waals surface area (Å²) >= 11 is 7.26. The molecule has 2 aromatic carbocycles. The Kier molecular flexibility index (Phi) is 4.50. The Balaban J connectivity index is 1.64. The van der Waals surface area contributed by atoms with Gasteiger partial charge in [-0.2, -0.15) is 0 Å². The second-order valence-electron chi connectivity index (χ2n) is 5.21. The van der Waals surface area contributed by atoms with Gasteiger partial charge in [0.25, 0.3) is 5.91 Å². The van der Waals surface area contributed by atoms with E-state index in [-0.39, 0.29) is 12.5 Å². The Morgan fingerprint density at radius 1 is 1.22 bits per heavy atom. The van der Waals surface area contributed by atoms with Crippen molar-refractivity contribution in [3.63, 3.8) is 0 Å². The predicted molar refractivity (Wildman–Crippen MR) is 94.7 cm³/mol. The van der Waals surface area contributed by atoms with Crippen LogP contribution in [0.2, 0.25) is 5.02 Å². The monoisotopic (exact) mass is 346 g/mol. The summed E-state index contributed by atoms with van der Waals surface area (Å²) < 4.78 is 6.47. The van der Waals surface area contributed by atoms with Gasteiger partial charge in [0, 0.05) is 5.02 Å². The fourth-order valence-corrected chi connectivity index (χ4v) is 3.16. The first-order chi connectivity index (χ1) is 11.0. The van der Waals surface area contributed by atoms with Crippen LogP contribution in [0, 0.1) is 13.8 Å². The maximum Gasteiger partial charge on any atom is 0.264 e. The summed E-state index contributed by atoms with van der Waals surface area (Å²) in [6.07, 6.45) is 0. The highest BCUT2D eigenvalue weighted by molar-refractivity contribution is 7.22. The van der Waals surface area contributed by atoms with Gasteiger partial charge in [-0.05, 0) is 61.4 Å². The summed E-state index contributed by atoms with van der Waals surface area (Å²) in [5.74, 6) is 0.354. The highest BCUT2D eigenvalue weighted by atomic mass is 35.5. The topological polar surface area (TPSA) is 51.2 Å². The molecule has 0 bridgehead atoms. The fraction of sp³-hybridized carbons (Fsp3) is 0.176. The summed E-state index contributed by atoms with van der Waals surface area (Å²) in [6.45, 7) is 4.04. The highest BCUT2D eigenvalue weighted by Gasteiger charge is 2.09. The lowest BCUT2D eigenvalue weighted by Gasteiger charge is -2.05. The molecule has 3 aromatic rings. The number of benzene rings is 2. The van der Waals surface area contributed by atoms with E-state index in [0.717, 1.165) is 10.2 Å². The number of anilines is 1. The first-order valence-electron chi connectivity index (χ1n) is 7.07. The Labute approximate surface area is 143 Å². The van der Waals surface area contributed by atoms with Gasteiger partial charge in [0.2, 0.25) is 0 Å². The van der Waals surface area contributed by atoms with Gasteiger partial charge >= 0.3 is 0 Å². The van der Waals surface area contributed by atoms with E-state index in [1.165, 1.54) is 22.5 Å². The Morgan fingerprint density at radius 3 is 2.65 bits per heavy atom. The molecule has 23 heavy (non-hydrogen) atoms. The van der Waals surface area contributed by atoms with Crippen LogP contribution in [0.1, 0.15) is 11.1 Å². The SMILES string of the molecule is Cc1cc2nc(NC(=O)COc3ccc(Cl)cc3)sc2cc1C. The van der Waals surface area contributed by atoms with Gasteiger partial charge in [-0.3, -0.25) is 10.1 Å². The van der Waals surface area contributed by atoms with E-state index in [1.807, 2.05) is 13.0 Å². The number of amides is 1. The number of carbonyl (C=O) groups is 1. The summed E-state index contributed by atoms with van der Waals surface area (Å²) in [7, 11) is 0. The molecular formula is C17H15ClN2O2S. The summed E-state index contributed by atoms with van der Waals surface area (Å²) in [5, 5.41) is 3.97. The molecule has 0 aliphatic rings. The van der Waals surface area contributed by atoms with E-state index in [2.05, 4.69) is 23.3 Å². The molecule has 0 spiro atoms. The number of hydrogen-bond donors (Lipinski definition) is 1. The van der Waals surface area contributed by atoms with Crippen molar-refractivity contribution < 1.29 is 9.53 Å². The molecule has 0 fully saturated rings. The van der Waals surface area contributed by atoms with Crippen LogP contribution in [0.4, 0.5) is 5.13 Å². The minimum atomic E-state index is -0.243. The van der Waals surface area contributed by atoms with Gasteiger partial charge in [-0.15, -0.1) is 0 Å². The number of rotatable bonds is 4. The summed E-state index contributed by atoms with van der Waals surface area (Å²) in [4.78, 5) is 16.4. The number of nitrogens with one attached hydrogen (secondary N) is 1. The number of fused-ring (bicyclic) bond motifs is 1. The first kappa shape index (κ1) is 15.8. The quantitative estimate of drug-likeness (QED) is 0.752. The van der Waals surface area contributed by atoms with E-state index in [4.69, 9.17) is 16.3 Å². The third-order valence-corrected chi connectivity index (χ3v) is 4.62. The third-order valence-electron chi connectivity index (χ3n) is 3.43. The maximum atomic E-state index is 12.0. The zero-order valence-electron chi connectivity index (χ0n) is 12.7. The third kappa shape index (κ3) is 3.81. The number of nitrogens with zero attached hydrogens (tertiary/aromatic N) is 1. The Hall–Kier alpha value is -2.11. The van der Waals surface area contributed by atoms with Crippen LogP contribution in [0.15, 0.2) is 36.4 Å². The first-order valence-corrected chi connectivity index (χ1v) is 8.27. The molecule has 0 aliphatic carbocycles. The minimum absolute atomic E-state index is 0.0738. The van der Waals surface area contributed by atoms with Gasteiger partial charge in [-0.25, -0.2) is 4.98 Å². The fourth-order valence-electron chi connectivity index (χ4n) is 2.07. The van der Waals surface area contributed by atoms with Crippen molar-refractivity contribution in [2.75, 3.05) is 11.9 Å². The lowest BCUT2D eigenvalue weighted by atomic mass is 10.1. The number of aromatic nitrogens is 1. The average molecular weight is 347 g/mol. The smallest absolute Gasteiger partial charge is 0.264 e. The highest BCUT2D eigenvalue weighted by Crippen LogP contribution is 2.28. The van der Waals surface area contributed by atoms with Crippen LogP contribution >= 0.6 is 22.9 Å². The molecule has 0 aliphatic heterocycles. The van der Waals surface area contributed by atoms with Gasteiger partial charge in [0.15, 0.2) is 11.7 Å². The summed E-state index contributed by atoms with van der Waals surface area (Å²) in [5.41, 5.74) is 3.30. The van der Waals surface area contributed by atoms with Crippen molar-refractivity contribution in [3.8, 4) is 5.75 Å². The molecular weight excluding hydrogens is 332 g/mol. The van der Waals surface area contributed by atoms with Crippen LogP contribution in [-0.2, 0) is 4.79 Å². The second-order valence-corrected chi connectivity index (χ2v) is 6.68. The van der Waals surface area contributed by atoms with Gasteiger partial charge < -0.3 is 4.74 Å². The van der Waals surface area contributed by atoms with Crippen LogP contribution in [0.5, 0.6) is 5.75 Å². The van der Waals surface area contributed by atoms with E-state index >= 15 is 0 Å². The standard InChI is InChI=1S/C17H15ClN2O2S/c1-10-7-14-15(8-11(10)2)23-17(19-14)20-16(21)9-22-13-5-3-12(18)4-6-13/h3-8H,9H2,1-2H3,(H,19,20,21). The van der Waals surface area contributed by atoms with Crippen molar-refractivity contribution in [1.29, 1.82) is 0 Å². The van der Waals surface area contributed by atoms with Gasteiger partial charge in [0.1, 0.15) is 5.75 Å². The Morgan fingerprint density at radius 2 is 1.91 bits per heavy atom. The number of carbonyl (C=O) groups excluding carboxylic acids is 1. The number of hydrogen-bond acceptors (Lipinski definition) is 4. The zero-order valence-corrected chi connectivity index (χ0v) is 14.3. The molecule has 4 nitrogen and oxygen atoms in total. The van der Waals surface area contributed by atoms with E-state index < -0.39 is 0 Å². The van der Waals surface area contributed by atoms with Crippen molar-refractivity contribution in [3.05, 3.63) is 52.5 Å². The van der Waals surface area contributed by atoms with E-state index in [9.17, 15) is 4.79 Å². The van der Waals surface area contributed by atoms with E-state index in [1.54, 1.807) is 24.3 Å². The van der Waals surface area contributed by atoms with Crippen LogP contribution in [-0.4, -0.2) is 17.5 Å². The van der Waals surface area contributed by atoms with E-state index in [0.29, 0.717) is 15.9 Å². The Bertz CT molecular complexity index is 820. The van der Waals surface area contributed by atoms with Crippen molar-refractivity contribution >= 4 is 44.2 Å². The molecule has 0 unspecified atom stereocenters. The van der Waals surface area contributed by atoms with Crippen molar-refractivity contribution in [2.45, 2.75) is 13.8 Å². The average Bonchev–Trinajstić information content (AvgIpc) is 2.88. The molecule has 1 amide bonds. The predicted octanol–water partition coefficient (Wildman–Crippen LogP) is 4.58. The van der Waals surface area contributed by atoms with Gasteiger partial charge in [-0.1, -0.05) is 22.9 Å². The number of ether oxygens (including phenoxy) is 1. The minimum Gasteiger partial charge on any atom is -0.484 e. The zero-order chi connectivity index (χ0) is 16.4. The number of halogens is 1. The molecule has 0 atom stereocenters. The molecule has 3 rings (SSSR count).